The van der Waals surface area contributed by atoms with Gasteiger partial charge in [0.2, 0.25) is 5.91 Å². The highest BCUT2D eigenvalue weighted by atomic mass is 19.1. The lowest BCUT2D eigenvalue weighted by molar-refractivity contribution is -0.135. The Morgan fingerprint density at radius 2 is 1.79 bits per heavy atom. The predicted octanol–water partition coefficient (Wildman–Crippen LogP) is 1.41. The van der Waals surface area contributed by atoms with Crippen LogP contribution in [0.15, 0.2) is 18.2 Å². The molecule has 0 bridgehead atoms. The molecule has 150 valence electrons. The predicted molar refractivity (Wildman–Crippen MR) is 92.9 cm³/mol. The van der Waals surface area contributed by atoms with Crippen molar-refractivity contribution >= 4 is 17.8 Å². The average Bonchev–Trinajstić information content (AvgIpc) is 3.07. The molecule has 1 aromatic rings. The summed E-state index contributed by atoms with van der Waals surface area (Å²) in [6, 6.07) is 2.72. The van der Waals surface area contributed by atoms with Gasteiger partial charge in [0.15, 0.2) is 0 Å². The van der Waals surface area contributed by atoms with Gasteiger partial charge >= 0.3 is 6.03 Å². The molecule has 3 aliphatic heterocycles. The molecule has 3 fully saturated rings. The largest absolute Gasteiger partial charge is 0.381 e. The lowest BCUT2D eigenvalue weighted by Gasteiger charge is -2.30. The Hall–Kier alpha value is -2.55. The van der Waals surface area contributed by atoms with Gasteiger partial charge < -0.3 is 15.0 Å². The third-order valence-electron chi connectivity index (χ3n) is 5.62. The van der Waals surface area contributed by atoms with Gasteiger partial charge in [-0.1, -0.05) is 0 Å². The summed E-state index contributed by atoms with van der Waals surface area (Å²) in [4.78, 5) is 40.2. The maximum atomic E-state index is 13.4. The van der Waals surface area contributed by atoms with Crippen LogP contribution in [0, 0.1) is 17.6 Å². The maximum Gasteiger partial charge on any atom is 0.325 e. The van der Waals surface area contributed by atoms with Crippen LogP contribution >= 0.6 is 0 Å². The van der Waals surface area contributed by atoms with Gasteiger partial charge in [0, 0.05) is 64.1 Å². The molecule has 0 aliphatic carbocycles. The number of nitrogens with zero attached hydrogens (tertiary/aromatic N) is 2. The highest BCUT2D eigenvalue weighted by Crippen LogP contribution is 2.30. The SMILES string of the molecule is O=C1CC(CN2C(=O)NC3(CCOCC3)C2=O)CN1Cc1cc(F)cc(F)c1. The first kappa shape index (κ1) is 18.8. The molecule has 9 heteroatoms. The molecule has 4 amide bonds. The number of amides is 4. The molecular formula is C19H21F2N3O4. The number of carbonyl (C=O) groups excluding carboxylic acids is 3. The van der Waals surface area contributed by atoms with Crippen LogP contribution in [0.3, 0.4) is 0 Å². The van der Waals surface area contributed by atoms with Crippen LogP contribution in [0.1, 0.15) is 24.8 Å². The zero-order chi connectivity index (χ0) is 19.9. The minimum absolute atomic E-state index is 0.0887. The van der Waals surface area contributed by atoms with Crippen LogP contribution in [0.25, 0.3) is 0 Å². The van der Waals surface area contributed by atoms with Crippen LogP contribution < -0.4 is 5.32 Å². The number of hydrogen-bond donors (Lipinski definition) is 1. The molecule has 4 rings (SSSR count). The third-order valence-corrected chi connectivity index (χ3v) is 5.62. The van der Waals surface area contributed by atoms with Gasteiger partial charge in [-0.05, 0) is 17.7 Å². The average molecular weight is 393 g/mol. The number of nitrogens with one attached hydrogen (secondary N) is 1. The fourth-order valence-electron chi connectivity index (χ4n) is 4.21. The first-order valence-electron chi connectivity index (χ1n) is 9.31. The number of halogens is 2. The van der Waals surface area contributed by atoms with Crippen molar-refractivity contribution in [1.29, 1.82) is 0 Å². The van der Waals surface area contributed by atoms with Crippen molar-refractivity contribution in [3.63, 3.8) is 0 Å². The van der Waals surface area contributed by atoms with E-state index < -0.39 is 23.2 Å². The molecule has 3 heterocycles. The number of carbonyl (C=O) groups is 3. The molecule has 1 unspecified atom stereocenters. The zero-order valence-corrected chi connectivity index (χ0v) is 15.2. The van der Waals surface area contributed by atoms with Gasteiger partial charge in [-0.15, -0.1) is 0 Å². The lowest BCUT2D eigenvalue weighted by atomic mass is 9.90. The highest BCUT2D eigenvalue weighted by molar-refractivity contribution is 6.07. The number of likely N-dealkylation sites (tertiary alicyclic amines) is 1. The van der Waals surface area contributed by atoms with Gasteiger partial charge in [-0.25, -0.2) is 13.6 Å². The minimum atomic E-state index is -0.892. The maximum absolute atomic E-state index is 13.4. The molecule has 0 saturated carbocycles. The van der Waals surface area contributed by atoms with Crippen molar-refractivity contribution in [2.24, 2.45) is 5.92 Å². The number of rotatable bonds is 4. The van der Waals surface area contributed by atoms with Crippen molar-refractivity contribution in [2.45, 2.75) is 31.3 Å². The molecule has 1 N–H and O–H groups in total. The molecular weight excluding hydrogens is 372 g/mol. The first-order chi connectivity index (χ1) is 13.4. The Morgan fingerprint density at radius 1 is 1.11 bits per heavy atom. The van der Waals surface area contributed by atoms with Gasteiger partial charge in [-0.3, -0.25) is 14.5 Å². The first-order valence-corrected chi connectivity index (χ1v) is 9.31. The molecule has 1 spiro atoms. The number of urea groups is 1. The summed E-state index contributed by atoms with van der Waals surface area (Å²) in [5.41, 5.74) is -0.529. The second-order valence-electron chi connectivity index (χ2n) is 7.66. The summed E-state index contributed by atoms with van der Waals surface area (Å²) in [5, 5.41) is 2.79. The lowest BCUT2D eigenvalue weighted by Crippen LogP contribution is -2.51. The fraction of sp³-hybridized carbons (Fsp3) is 0.526. The normalized spacial score (nSPS) is 24.4. The van der Waals surface area contributed by atoms with Gasteiger partial charge in [0.05, 0.1) is 0 Å². The van der Waals surface area contributed by atoms with Crippen LogP contribution in [-0.4, -0.2) is 59.5 Å². The number of benzene rings is 1. The van der Waals surface area contributed by atoms with Gasteiger partial charge in [0.25, 0.3) is 5.91 Å². The minimum Gasteiger partial charge on any atom is -0.381 e. The molecule has 1 aromatic carbocycles. The van der Waals surface area contributed by atoms with Crippen molar-refractivity contribution in [1.82, 2.24) is 15.1 Å². The standard InChI is InChI=1S/C19H21F2N3O4/c20-14-5-12(6-15(21)8-14)9-23-10-13(7-16(23)25)11-24-17(26)19(22-18(24)27)1-3-28-4-2-19/h5-6,8,13H,1-4,7,9-11H2,(H,22,27). The molecule has 0 radical (unpaired) electrons. The highest BCUT2D eigenvalue weighted by Gasteiger charge is 2.52. The molecule has 0 aromatic heterocycles. The third kappa shape index (κ3) is 3.46. The van der Waals surface area contributed by atoms with Crippen LogP contribution in [-0.2, 0) is 20.9 Å². The second-order valence-corrected chi connectivity index (χ2v) is 7.66. The zero-order valence-electron chi connectivity index (χ0n) is 15.2. The number of imide groups is 1. The van der Waals surface area contributed by atoms with Crippen LogP contribution in [0.4, 0.5) is 13.6 Å². The Bertz CT molecular complexity index is 805. The number of ether oxygens (including phenoxy) is 1. The smallest absolute Gasteiger partial charge is 0.325 e. The van der Waals surface area contributed by atoms with E-state index in [1.807, 2.05) is 0 Å². The van der Waals surface area contributed by atoms with E-state index in [2.05, 4.69) is 5.32 Å². The Balaban J connectivity index is 1.40. The van der Waals surface area contributed by atoms with E-state index in [1.165, 1.54) is 21.9 Å². The van der Waals surface area contributed by atoms with E-state index in [0.717, 1.165) is 6.07 Å². The summed E-state index contributed by atoms with van der Waals surface area (Å²) < 4.78 is 32.0. The molecule has 28 heavy (non-hydrogen) atoms. The van der Waals surface area contributed by atoms with E-state index in [0.29, 0.717) is 38.2 Å². The van der Waals surface area contributed by atoms with Crippen molar-refractivity contribution in [3.8, 4) is 0 Å². The van der Waals surface area contributed by atoms with Gasteiger partial charge in [0.1, 0.15) is 17.2 Å². The fourth-order valence-corrected chi connectivity index (χ4v) is 4.21. The Labute approximate surface area is 160 Å². The quantitative estimate of drug-likeness (QED) is 0.785. The van der Waals surface area contributed by atoms with E-state index in [1.54, 1.807) is 0 Å². The monoisotopic (exact) mass is 393 g/mol. The van der Waals surface area contributed by atoms with E-state index >= 15 is 0 Å². The van der Waals surface area contributed by atoms with Crippen LogP contribution in [0.2, 0.25) is 0 Å². The van der Waals surface area contributed by atoms with E-state index in [4.69, 9.17) is 4.74 Å². The molecule has 1 atom stereocenters. The molecule has 3 saturated heterocycles. The molecule has 7 nitrogen and oxygen atoms in total. The summed E-state index contributed by atoms with van der Waals surface area (Å²) in [6.45, 7) is 1.39. The Kier molecular flexibility index (Phi) is 4.78. The van der Waals surface area contributed by atoms with Crippen molar-refractivity contribution in [3.05, 3.63) is 35.4 Å². The summed E-state index contributed by atoms with van der Waals surface area (Å²) >= 11 is 0. The van der Waals surface area contributed by atoms with Gasteiger partial charge in [-0.2, -0.15) is 0 Å². The Morgan fingerprint density at radius 3 is 2.46 bits per heavy atom. The summed E-state index contributed by atoms with van der Waals surface area (Å²) in [5.74, 6) is -2.03. The topological polar surface area (TPSA) is 79.0 Å². The molecule has 3 aliphatic rings. The van der Waals surface area contributed by atoms with E-state index in [9.17, 15) is 23.2 Å². The number of hydrogen-bond acceptors (Lipinski definition) is 4. The van der Waals surface area contributed by atoms with Crippen molar-refractivity contribution < 1.29 is 27.9 Å². The van der Waals surface area contributed by atoms with E-state index in [-0.39, 0.29) is 37.2 Å². The summed E-state index contributed by atoms with van der Waals surface area (Å²) in [7, 11) is 0. The summed E-state index contributed by atoms with van der Waals surface area (Å²) in [6.07, 6.45) is 1.06. The second kappa shape index (κ2) is 7.12. The van der Waals surface area contributed by atoms with Crippen molar-refractivity contribution in [2.75, 3.05) is 26.3 Å². The van der Waals surface area contributed by atoms with Crippen LogP contribution in [0.5, 0.6) is 0 Å².